The van der Waals surface area contributed by atoms with Gasteiger partial charge in [-0.2, -0.15) is 11.8 Å². The van der Waals surface area contributed by atoms with Crippen molar-refractivity contribution < 1.29 is 14.7 Å². The molecule has 0 atom stereocenters. The Balaban J connectivity index is 2.67. The summed E-state index contributed by atoms with van der Waals surface area (Å²) in [5, 5.41) is 10.3. The number of amides is 1. The van der Waals surface area contributed by atoms with Crippen molar-refractivity contribution in [1.82, 2.24) is 4.90 Å². The highest BCUT2D eigenvalue weighted by Gasteiger charge is 2.12. The maximum absolute atomic E-state index is 12.0. The van der Waals surface area contributed by atoms with Crippen LogP contribution in [0.2, 0.25) is 0 Å². The fraction of sp³-hybridized carbons (Fsp3) is 0.333. The second kappa shape index (κ2) is 7.23. The average Bonchev–Trinajstić information content (AvgIpc) is 2.81. The predicted octanol–water partition coefficient (Wildman–Crippen LogP) is 2.28. The van der Waals surface area contributed by atoms with Crippen molar-refractivity contribution in [1.29, 1.82) is 0 Å². The van der Waals surface area contributed by atoms with Gasteiger partial charge < -0.3 is 10.0 Å². The predicted molar refractivity (Wildman–Crippen MR) is 76.3 cm³/mol. The molecule has 1 N–H and O–H groups in total. The molecule has 1 aromatic heterocycles. The van der Waals surface area contributed by atoms with E-state index >= 15 is 0 Å². The summed E-state index contributed by atoms with van der Waals surface area (Å²) >= 11 is 3.05. The minimum Gasteiger partial charge on any atom is -0.478 e. The van der Waals surface area contributed by atoms with Crippen molar-refractivity contribution in [2.45, 2.75) is 0 Å². The van der Waals surface area contributed by atoms with Gasteiger partial charge in [-0.05, 0) is 18.4 Å². The Morgan fingerprint density at radius 1 is 1.56 bits per heavy atom. The zero-order valence-corrected chi connectivity index (χ0v) is 11.9. The van der Waals surface area contributed by atoms with Crippen LogP contribution in [0.3, 0.4) is 0 Å². The summed E-state index contributed by atoms with van der Waals surface area (Å²) in [5.74, 6) is -0.123. The van der Waals surface area contributed by atoms with Crippen LogP contribution in [0, 0.1) is 0 Å². The highest BCUT2D eigenvalue weighted by Crippen LogP contribution is 2.17. The Morgan fingerprint density at radius 3 is 2.89 bits per heavy atom. The first kappa shape index (κ1) is 14.8. The van der Waals surface area contributed by atoms with Gasteiger partial charge in [0.1, 0.15) is 0 Å². The monoisotopic (exact) mass is 285 g/mol. The zero-order valence-electron chi connectivity index (χ0n) is 10.3. The van der Waals surface area contributed by atoms with Gasteiger partial charge in [0.25, 0.3) is 5.91 Å². The van der Waals surface area contributed by atoms with E-state index in [4.69, 9.17) is 5.11 Å². The van der Waals surface area contributed by atoms with E-state index in [0.717, 1.165) is 16.7 Å². The van der Waals surface area contributed by atoms with Crippen LogP contribution in [-0.4, -0.2) is 47.5 Å². The Labute approximate surface area is 114 Å². The number of carbonyl (C=O) groups is 2. The lowest BCUT2D eigenvalue weighted by atomic mass is 10.2. The summed E-state index contributed by atoms with van der Waals surface area (Å²) < 4.78 is 0. The second-order valence-electron chi connectivity index (χ2n) is 3.63. The minimum absolute atomic E-state index is 0.0322. The Morgan fingerprint density at radius 2 is 2.28 bits per heavy atom. The lowest BCUT2D eigenvalue weighted by Gasteiger charge is -2.15. The molecule has 0 spiro atoms. The Kier molecular flexibility index (Phi) is 5.94. The van der Waals surface area contributed by atoms with Crippen LogP contribution in [0.25, 0.3) is 6.08 Å². The molecule has 0 bridgehead atoms. The van der Waals surface area contributed by atoms with Crippen LogP contribution in [0.5, 0.6) is 0 Å². The van der Waals surface area contributed by atoms with Gasteiger partial charge in [-0.3, -0.25) is 4.79 Å². The van der Waals surface area contributed by atoms with E-state index in [1.54, 1.807) is 35.2 Å². The molecular weight excluding hydrogens is 270 g/mol. The summed E-state index contributed by atoms with van der Waals surface area (Å²) in [7, 11) is 1.77. The van der Waals surface area contributed by atoms with Crippen molar-refractivity contribution in [2.24, 2.45) is 0 Å². The number of nitrogens with zero attached hydrogens (tertiary/aromatic N) is 1. The van der Waals surface area contributed by atoms with Crippen LogP contribution in [0.4, 0.5) is 0 Å². The number of rotatable bonds is 6. The molecule has 0 saturated heterocycles. The van der Waals surface area contributed by atoms with Crippen molar-refractivity contribution >= 4 is 41.1 Å². The van der Waals surface area contributed by atoms with Gasteiger partial charge in [-0.25, -0.2) is 4.79 Å². The molecule has 0 aliphatic carbocycles. The molecule has 18 heavy (non-hydrogen) atoms. The van der Waals surface area contributed by atoms with E-state index in [2.05, 4.69) is 0 Å². The topological polar surface area (TPSA) is 57.6 Å². The first-order valence-electron chi connectivity index (χ1n) is 5.28. The van der Waals surface area contributed by atoms with Gasteiger partial charge >= 0.3 is 5.97 Å². The molecule has 0 aromatic carbocycles. The summed E-state index contributed by atoms with van der Waals surface area (Å²) in [5.41, 5.74) is 0.605. The lowest BCUT2D eigenvalue weighted by Crippen LogP contribution is -2.28. The van der Waals surface area contributed by atoms with Gasteiger partial charge in [0.05, 0.1) is 5.56 Å². The minimum atomic E-state index is -0.992. The van der Waals surface area contributed by atoms with Crippen LogP contribution in [-0.2, 0) is 4.79 Å². The number of hydrogen-bond donors (Lipinski definition) is 1. The number of aliphatic carboxylic acids is 1. The third-order valence-corrected chi connectivity index (χ3v) is 3.72. The number of carboxylic acids is 1. The first-order chi connectivity index (χ1) is 8.54. The maximum atomic E-state index is 12.0. The van der Waals surface area contributed by atoms with Gasteiger partial charge in [-0.15, -0.1) is 11.3 Å². The van der Waals surface area contributed by atoms with E-state index in [1.165, 1.54) is 17.4 Å². The van der Waals surface area contributed by atoms with Crippen molar-refractivity contribution in [3.63, 3.8) is 0 Å². The van der Waals surface area contributed by atoms with E-state index in [0.29, 0.717) is 12.1 Å². The van der Waals surface area contributed by atoms with Crippen LogP contribution in [0.1, 0.15) is 15.2 Å². The first-order valence-corrected chi connectivity index (χ1v) is 7.56. The fourth-order valence-electron chi connectivity index (χ4n) is 1.26. The molecule has 0 aliphatic rings. The summed E-state index contributed by atoms with van der Waals surface area (Å²) in [6, 6.07) is 1.71. The average molecular weight is 285 g/mol. The van der Waals surface area contributed by atoms with E-state index < -0.39 is 5.97 Å². The molecule has 1 rings (SSSR count). The number of thiophene rings is 1. The number of thioether (sulfide) groups is 1. The lowest BCUT2D eigenvalue weighted by molar-refractivity contribution is -0.131. The van der Waals surface area contributed by atoms with Crippen molar-refractivity contribution in [3.8, 4) is 0 Å². The van der Waals surface area contributed by atoms with Gasteiger partial charge in [-0.1, -0.05) is 0 Å². The van der Waals surface area contributed by atoms with Gasteiger partial charge in [0.2, 0.25) is 0 Å². The van der Waals surface area contributed by atoms with Crippen LogP contribution >= 0.6 is 23.1 Å². The number of carboxylic acid groups (broad SMARTS) is 1. The normalized spacial score (nSPS) is 10.8. The molecule has 0 aliphatic heterocycles. The van der Waals surface area contributed by atoms with E-state index in [9.17, 15) is 9.59 Å². The number of carbonyl (C=O) groups excluding carboxylic acids is 1. The summed E-state index contributed by atoms with van der Waals surface area (Å²) in [6.07, 6.45) is 4.56. The second-order valence-corrected chi connectivity index (χ2v) is 5.56. The number of hydrogen-bond acceptors (Lipinski definition) is 4. The molecule has 0 radical (unpaired) electrons. The van der Waals surface area contributed by atoms with Crippen LogP contribution < -0.4 is 0 Å². The molecule has 0 fully saturated rings. The van der Waals surface area contributed by atoms with Crippen molar-refractivity contribution in [3.05, 3.63) is 28.0 Å². The summed E-state index contributed by atoms with van der Waals surface area (Å²) in [4.78, 5) is 24.8. The third-order valence-electron chi connectivity index (χ3n) is 2.23. The summed E-state index contributed by atoms with van der Waals surface area (Å²) in [6.45, 7) is 0.705. The molecule has 6 heteroatoms. The standard InChI is InChI=1S/C12H15NO3S2/c1-13(5-6-17-2)12(16)9-7-10(18-8-9)3-4-11(14)15/h3-4,7-8H,5-6H2,1-2H3,(H,14,15)/b4-3+. The largest absolute Gasteiger partial charge is 0.478 e. The SMILES string of the molecule is CSCCN(C)C(=O)c1csc(/C=C/C(=O)O)c1. The van der Waals surface area contributed by atoms with Crippen LogP contribution in [0.15, 0.2) is 17.5 Å². The fourth-order valence-corrected chi connectivity index (χ4v) is 2.49. The molecule has 1 amide bonds. The Hall–Kier alpha value is -1.27. The smallest absolute Gasteiger partial charge is 0.328 e. The molecule has 1 aromatic rings. The molecule has 1 heterocycles. The zero-order chi connectivity index (χ0) is 13.5. The Bertz CT molecular complexity index is 454. The van der Waals surface area contributed by atoms with E-state index in [1.807, 2.05) is 6.26 Å². The maximum Gasteiger partial charge on any atom is 0.328 e. The molecular formula is C12H15NO3S2. The van der Waals surface area contributed by atoms with Gasteiger partial charge in [0, 0.05) is 35.7 Å². The quantitative estimate of drug-likeness (QED) is 0.815. The molecule has 98 valence electrons. The molecule has 0 saturated carbocycles. The molecule has 0 unspecified atom stereocenters. The van der Waals surface area contributed by atoms with Crippen molar-refractivity contribution in [2.75, 3.05) is 25.6 Å². The highest BCUT2D eigenvalue weighted by atomic mass is 32.2. The highest BCUT2D eigenvalue weighted by molar-refractivity contribution is 7.98. The van der Waals surface area contributed by atoms with E-state index in [-0.39, 0.29) is 5.91 Å². The molecule has 4 nitrogen and oxygen atoms in total. The van der Waals surface area contributed by atoms with Gasteiger partial charge in [0.15, 0.2) is 0 Å². The third kappa shape index (κ3) is 4.54.